The van der Waals surface area contributed by atoms with Gasteiger partial charge in [0.15, 0.2) is 69.8 Å². The second kappa shape index (κ2) is 21.5. The highest BCUT2D eigenvalue weighted by Gasteiger charge is 2.53. The van der Waals surface area contributed by atoms with E-state index in [1.807, 2.05) is 0 Å². The van der Waals surface area contributed by atoms with E-state index in [0.717, 1.165) is 19.6 Å². The molecule has 0 bridgehead atoms. The van der Waals surface area contributed by atoms with E-state index >= 15 is 35.1 Å². The number of hydrogen-bond acceptors (Lipinski definition) is 0. The van der Waals surface area contributed by atoms with Gasteiger partial charge in [-0.05, 0) is 48.5 Å². The van der Waals surface area contributed by atoms with Gasteiger partial charge < -0.3 is 0 Å². The maximum absolute atomic E-state index is 15.4. The number of rotatable bonds is 9. The number of halogens is 23. The predicted molar refractivity (Wildman–Crippen MR) is 248 cm³/mol. The monoisotopic (exact) mass is 1270 g/mol. The van der Waals surface area contributed by atoms with Crippen molar-refractivity contribution in [3.63, 3.8) is 0 Å². The first kappa shape index (κ1) is 56.0. The van der Waals surface area contributed by atoms with Crippen LogP contribution in [0.1, 0.15) is 5.56 Å². The molecular weight excluding hydrogens is 1250 g/mol. The summed E-state index contributed by atoms with van der Waals surface area (Å²) < 4.78 is 297. The summed E-state index contributed by atoms with van der Waals surface area (Å²) in [6.07, 6.45) is -6.29. The van der Waals surface area contributed by atoms with Crippen LogP contribution in [0.4, 0.5) is 87.8 Å². The summed E-state index contributed by atoms with van der Waals surface area (Å²) in [5, 5.41) is 4.16. The Bertz CT molecular complexity index is 3020. The molecule has 0 aliphatic carbocycles. The van der Waals surface area contributed by atoms with Gasteiger partial charge in [0.2, 0.25) is 0 Å². The van der Waals surface area contributed by atoms with Crippen molar-refractivity contribution in [2.24, 2.45) is 0 Å². The summed E-state index contributed by atoms with van der Waals surface area (Å²) in [6.45, 7) is 0. The molecule has 0 saturated carbocycles. The fourth-order valence-electron chi connectivity index (χ4n) is 8.60. The van der Waals surface area contributed by atoms with Gasteiger partial charge in [-0.3, -0.25) is 0 Å². The van der Waals surface area contributed by atoms with Crippen LogP contribution in [-0.4, -0.2) is 6.15 Å². The molecule has 0 saturated heterocycles. The Balaban J connectivity index is 0.000000237. The average molecular weight is 1270 g/mol. The molecule has 384 valence electrons. The maximum Gasteiger partial charge on any atom is 0.200 e. The third kappa shape index (κ3) is 8.99. The summed E-state index contributed by atoms with van der Waals surface area (Å²) >= 11 is 11.3. The molecule has 25 heteroatoms. The molecule has 74 heavy (non-hydrogen) atoms. The van der Waals surface area contributed by atoms with Gasteiger partial charge >= 0.3 is 0 Å². The van der Waals surface area contributed by atoms with Crippen molar-refractivity contribution in [2.45, 2.75) is 6.16 Å². The quantitative estimate of drug-likeness (QED) is 0.0444. The van der Waals surface area contributed by atoms with Crippen molar-refractivity contribution in [1.82, 2.24) is 0 Å². The fraction of sp³-hybridized carbons (Fsp3) is 0.0204. The van der Waals surface area contributed by atoms with Crippen LogP contribution in [0.15, 0.2) is 117 Å². The molecule has 8 rings (SSSR count). The van der Waals surface area contributed by atoms with Crippen molar-refractivity contribution in [3.05, 3.63) is 238 Å². The molecule has 0 aliphatic heterocycles. The van der Waals surface area contributed by atoms with E-state index < -0.39 is 152 Å². The molecule has 0 spiro atoms. The summed E-state index contributed by atoms with van der Waals surface area (Å²) in [5.41, 5.74) is -13.0. The zero-order valence-corrected chi connectivity index (χ0v) is 41.4. The summed E-state index contributed by atoms with van der Waals surface area (Å²) in [5.74, 6) is -71.4. The van der Waals surface area contributed by atoms with Crippen LogP contribution in [0.3, 0.4) is 0 Å². The highest BCUT2D eigenvalue weighted by molar-refractivity contribution is 9.11. The van der Waals surface area contributed by atoms with Crippen molar-refractivity contribution in [2.75, 3.05) is 0 Å². The molecule has 0 N–H and O–H groups in total. The Labute approximate surface area is 429 Å². The topological polar surface area (TPSA) is 0 Å². The summed E-state index contributed by atoms with van der Waals surface area (Å²) in [4.78, 5) is 0. The molecular formula is C49H19BBr3F20P. The standard InChI is InChI=1S/C25H19Br3P.C24BF20/c26-19-16-24(27)23(25(28)17-19)18-29(20-10-4-1-5-11-20,21-12-6-2-7-13-21)22-14-8-3-9-15-22;26-5-1(6(27)14(35)21(42)13(5)34)25(2-7(28)15(36)22(43)16(37)8(2)29,3-9(30)17(38)23(44)18(39)10(3)31)4-11(32)19(40)24(45)20(41)12(4)33/h1-17H,18H2;/q+1;-1. The molecule has 0 unspecified atom stereocenters. The van der Waals surface area contributed by atoms with Crippen LogP contribution < -0.4 is 37.8 Å². The van der Waals surface area contributed by atoms with E-state index in [-0.39, 0.29) is 0 Å². The minimum absolute atomic E-state index is 0.930. The lowest BCUT2D eigenvalue weighted by Crippen LogP contribution is -2.81. The van der Waals surface area contributed by atoms with Gasteiger partial charge in [-0.25, -0.2) is 87.8 Å². The smallest absolute Gasteiger partial charge is 0.200 e. The lowest BCUT2D eigenvalue weighted by Gasteiger charge is -2.44. The highest BCUT2D eigenvalue weighted by Crippen LogP contribution is 2.59. The lowest BCUT2D eigenvalue weighted by molar-refractivity contribution is 0.378. The summed E-state index contributed by atoms with van der Waals surface area (Å²) in [7, 11) is -1.92. The van der Waals surface area contributed by atoms with Crippen molar-refractivity contribution >= 4 is 99.0 Å². The van der Waals surface area contributed by atoms with E-state index in [1.54, 1.807) is 0 Å². The first-order chi connectivity index (χ1) is 34.8. The number of hydrogen-bond donors (Lipinski definition) is 0. The van der Waals surface area contributed by atoms with Gasteiger partial charge in [-0.15, -0.1) is 21.9 Å². The molecule has 0 atom stereocenters. The van der Waals surface area contributed by atoms with E-state index in [9.17, 15) is 52.7 Å². The Morgan fingerprint density at radius 3 is 0.676 bits per heavy atom. The molecule has 0 heterocycles. The Morgan fingerprint density at radius 2 is 0.473 bits per heavy atom. The molecule has 0 amide bonds. The van der Waals surface area contributed by atoms with Crippen LogP contribution in [-0.2, 0) is 6.16 Å². The Kier molecular flexibility index (Phi) is 16.3. The predicted octanol–water partition coefficient (Wildman–Crippen LogP) is 13.3. The van der Waals surface area contributed by atoms with Gasteiger partial charge in [0, 0.05) is 19.0 Å². The van der Waals surface area contributed by atoms with Crippen LogP contribution in [0.2, 0.25) is 0 Å². The second-order valence-electron chi connectivity index (χ2n) is 15.6. The Hall–Kier alpha value is -5.71. The largest absolute Gasteiger partial charge is 0.207 e. The molecule has 0 aromatic heterocycles. The van der Waals surface area contributed by atoms with Gasteiger partial charge in [0.1, 0.15) is 82.0 Å². The van der Waals surface area contributed by atoms with Crippen LogP contribution in [0.5, 0.6) is 0 Å². The summed E-state index contributed by atoms with van der Waals surface area (Å²) in [6, 6.07) is 37.2. The molecule has 8 aromatic carbocycles. The third-order valence-corrected chi connectivity index (χ3v) is 18.0. The molecule has 8 aromatic rings. The van der Waals surface area contributed by atoms with Gasteiger partial charge in [-0.2, -0.15) is 0 Å². The molecule has 0 radical (unpaired) electrons. The first-order valence-electron chi connectivity index (χ1n) is 20.2. The minimum atomic E-state index is -7.22. The SMILES string of the molecule is Brc1cc(Br)c(C[P+](c2ccccc2)(c2ccccc2)c2ccccc2)c(Br)c1.Fc1c(F)c(F)c([B-](c2c(F)c(F)c(F)c(F)c2F)(c2c(F)c(F)c(F)c(F)c2F)c2c(F)c(F)c(F)c(F)c2F)c(F)c1F. The molecule has 0 nitrogen and oxygen atoms in total. The van der Waals surface area contributed by atoms with Gasteiger partial charge in [0.05, 0.1) is 0 Å². The highest BCUT2D eigenvalue weighted by atomic mass is 79.9. The third-order valence-electron chi connectivity index (χ3n) is 11.8. The van der Waals surface area contributed by atoms with Gasteiger partial charge in [0.25, 0.3) is 0 Å². The zero-order chi connectivity index (χ0) is 54.6. The maximum atomic E-state index is 15.4. The first-order valence-corrected chi connectivity index (χ1v) is 24.6. The van der Waals surface area contributed by atoms with Crippen molar-refractivity contribution in [3.8, 4) is 0 Å². The molecule has 0 fully saturated rings. The van der Waals surface area contributed by atoms with E-state index in [2.05, 4.69) is 151 Å². The Morgan fingerprint density at radius 1 is 0.284 bits per heavy atom. The minimum Gasteiger partial charge on any atom is -0.207 e. The van der Waals surface area contributed by atoms with Crippen LogP contribution >= 0.6 is 55.1 Å². The number of benzene rings is 8. The second-order valence-corrected chi connectivity index (χ2v) is 21.7. The fourth-order valence-corrected chi connectivity index (χ4v) is 15.9. The van der Waals surface area contributed by atoms with Gasteiger partial charge in [-0.1, -0.05) is 102 Å². The van der Waals surface area contributed by atoms with E-state index in [1.165, 1.54) is 21.5 Å². The molecule has 0 aliphatic rings. The van der Waals surface area contributed by atoms with E-state index in [0.29, 0.717) is 0 Å². The lowest BCUT2D eigenvalue weighted by atomic mass is 9.12. The van der Waals surface area contributed by atoms with E-state index in [4.69, 9.17) is 0 Å². The van der Waals surface area contributed by atoms with Crippen LogP contribution in [0.25, 0.3) is 0 Å². The average Bonchev–Trinajstić information content (AvgIpc) is 3.39. The zero-order valence-electron chi connectivity index (χ0n) is 35.7. The van der Waals surface area contributed by atoms with Crippen molar-refractivity contribution in [1.29, 1.82) is 0 Å². The van der Waals surface area contributed by atoms with Crippen LogP contribution in [0, 0.1) is 116 Å². The normalized spacial score (nSPS) is 11.8. The van der Waals surface area contributed by atoms with Crippen molar-refractivity contribution < 1.29 is 87.8 Å².